The lowest BCUT2D eigenvalue weighted by Gasteiger charge is -2.35. The molecule has 1 aromatic rings. The van der Waals surface area contributed by atoms with Gasteiger partial charge in [-0.2, -0.15) is 0 Å². The SMILES string of the molecule is CCOCCCn1cc(C)nc1NC1(C)CCCCC1. The van der Waals surface area contributed by atoms with Crippen LogP contribution in [0.15, 0.2) is 6.20 Å². The molecule has 1 aliphatic carbocycles. The maximum Gasteiger partial charge on any atom is 0.203 e. The number of hydrogen-bond donors (Lipinski definition) is 1. The quantitative estimate of drug-likeness (QED) is 0.773. The van der Waals surface area contributed by atoms with Gasteiger partial charge in [-0.1, -0.05) is 19.3 Å². The van der Waals surface area contributed by atoms with Crippen LogP contribution in [0.2, 0.25) is 0 Å². The van der Waals surface area contributed by atoms with Gasteiger partial charge in [0, 0.05) is 31.5 Å². The molecule has 114 valence electrons. The van der Waals surface area contributed by atoms with Gasteiger partial charge >= 0.3 is 0 Å². The number of anilines is 1. The molecule has 0 atom stereocenters. The Morgan fingerprint density at radius 1 is 1.35 bits per heavy atom. The first-order chi connectivity index (χ1) is 9.63. The van der Waals surface area contributed by atoms with Crippen molar-refractivity contribution in [2.75, 3.05) is 18.5 Å². The zero-order chi connectivity index (χ0) is 14.4. The normalized spacial score (nSPS) is 18.1. The third-order valence-electron chi connectivity index (χ3n) is 4.16. The molecule has 20 heavy (non-hydrogen) atoms. The van der Waals surface area contributed by atoms with Gasteiger partial charge in [0.05, 0.1) is 5.69 Å². The van der Waals surface area contributed by atoms with E-state index in [1.165, 1.54) is 32.1 Å². The van der Waals surface area contributed by atoms with Crippen LogP contribution in [-0.4, -0.2) is 28.3 Å². The maximum atomic E-state index is 5.42. The average molecular weight is 279 g/mol. The van der Waals surface area contributed by atoms with Crippen LogP contribution in [0.25, 0.3) is 0 Å². The van der Waals surface area contributed by atoms with Crippen molar-refractivity contribution >= 4 is 5.95 Å². The van der Waals surface area contributed by atoms with Crippen molar-refractivity contribution in [3.8, 4) is 0 Å². The number of nitrogens with zero attached hydrogens (tertiary/aromatic N) is 2. The van der Waals surface area contributed by atoms with Crippen LogP contribution in [0, 0.1) is 6.92 Å². The first-order valence-electron chi connectivity index (χ1n) is 8.03. The van der Waals surface area contributed by atoms with Gasteiger partial charge in [0.1, 0.15) is 0 Å². The zero-order valence-corrected chi connectivity index (χ0v) is 13.2. The molecule has 0 aliphatic heterocycles. The summed E-state index contributed by atoms with van der Waals surface area (Å²) in [6.45, 7) is 9.03. The number of nitrogens with one attached hydrogen (secondary N) is 1. The van der Waals surface area contributed by atoms with E-state index in [4.69, 9.17) is 4.74 Å². The largest absolute Gasteiger partial charge is 0.382 e. The van der Waals surface area contributed by atoms with E-state index in [0.717, 1.165) is 37.8 Å². The Labute approximate surface area is 122 Å². The monoisotopic (exact) mass is 279 g/mol. The fraction of sp³-hybridized carbons (Fsp3) is 0.812. The highest BCUT2D eigenvalue weighted by atomic mass is 16.5. The first kappa shape index (κ1) is 15.4. The summed E-state index contributed by atoms with van der Waals surface area (Å²) in [6.07, 6.45) is 9.70. The van der Waals surface area contributed by atoms with E-state index in [-0.39, 0.29) is 5.54 Å². The first-order valence-corrected chi connectivity index (χ1v) is 8.03. The molecule has 1 saturated carbocycles. The lowest BCUT2D eigenvalue weighted by Crippen LogP contribution is -2.37. The average Bonchev–Trinajstić information content (AvgIpc) is 2.75. The minimum Gasteiger partial charge on any atom is -0.382 e. The highest BCUT2D eigenvalue weighted by Crippen LogP contribution is 2.31. The summed E-state index contributed by atoms with van der Waals surface area (Å²) in [5, 5.41) is 3.70. The third-order valence-corrected chi connectivity index (χ3v) is 4.16. The van der Waals surface area contributed by atoms with Crippen LogP contribution in [0.5, 0.6) is 0 Å². The van der Waals surface area contributed by atoms with Crippen LogP contribution < -0.4 is 5.32 Å². The van der Waals surface area contributed by atoms with Crippen LogP contribution >= 0.6 is 0 Å². The second kappa shape index (κ2) is 7.11. The molecule has 0 bridgehead atoms. The predicted octanol–water partition coefficient (Wildman–Crippen LogP) is 3.75. The minimum absolute atomic E-state index is 0.216. The van der Waals surface area contributed by atoms with Crippen molar-refractivity contribution in [3.05, 3.63) is 11.9 Å². The van der Waals surface area contributed by atoms with Crippen LogP contribution in [-0.2, 0) is 11.3 Å². The van der Waals surface area contributed by atoms with E-state index in [0.29, 0.717) is 0 Å². The molecule has 0 unspecified atom stereocenters. The molecule has 0 radical (unpaired) electrons. The van der Waals surface area contributed by atoms with Crippen molar-refractivity contribution in [1.82, 2.24) is 9.55 Å². The van der Waals surface area contributed by atoms with E-state index < -0.39 is 0 Å². The number of rotatable bonds is 7. The van der Waals surface area contributed by atoms with Crippen molar-refractivity contribution in [3.63, 3.8) is 0 Å². The number of imidazole rings is 1. The number of ether oxygens (including phenoxy) is 1. The van der Waals surface area contributed by atoms with Crippen LogP contribution in [0.1, 0.15) is 58.1 Å². The molecule has 1 aliphatic rings. The Bertz CT molecular complexity index is 408. The van der Waals surface area contributed by atoms with E-state index >= 15 is 0 Å². The number of aromatic nitrogens is 2. The molecule has 0 aromatic carbocycles. The molecule has 1 aromatic heterocycles. The van der Waals surface area contributed by atoms with Gasteiger partial charge in [0.15, 0.2) is 0 Å². The Balaban J connectivity index is 1.96. The molecule has 0 saturated heterocycles. The van der Waals surface area contributed by atoms with Crippen molar-refractivity contribution < 1.29 is 4.74 Å². The van der Waals surface area contributed by atoms with E-state index in [9.17, 15) is 0 Å². The Morgan fingerprint density at radius 2 is 2.10 bits per heavy atom. The summed E-state index contributed by atoms with van der Waals surface area (Å²) in [5.41, 5.74) is 1.30. The molecule has 2 rings (SSSR count). The Morgan fingerprint density at radius 3 is 2.80 bits per heavy atom. The standard InChI is InChI=1S/C16H29N3O/c1-4-20-12-8-11-19-13-14(2)17-15(19)18-16(3)9-6-5-7-10-16/h13H,4-12H2,1-3H3,(H,17,18). The van der Waals surface area contributed by atoms with Crippen LogP contribution in [0.4, 0.5) is 5.95 Å². The van der Waals surface area contributed by atoms with E-state index in [1.807, 2.05) is 6.92 Å². The fourth-order valence-electron chi connectivity index (χ4n) is 3.03. The summed E-state index contributed by atoms with van der Waals surface area (Å²) in [4.78, 5) is 4.66. The van der Waals surface area contributed by atoms with Gasteiger partial charge in [0.2, 0.25) is 5.95 Å². The lowest BCUT2D eigenvalue weighted by atomic mass is 9.83. The number of aryl methyl sites for hydroxylation is 2. The minimum atomic E-state index is 0.216. The molecule has 1 heterocycles. The molecule has 1 N–H and O–H groups in total. The van der Waals surface area contributed by atoms with Gasteiger partial charge in [-0.05, 0) is 40.0 Å². The second-order valence-corrected chi connectivity index (χ2v) is 6.20. The Hall–Kier alpha value is -1.03. The van der Waals surface area contributed by atoms with Crippen molar-refractivity contribution in [2.24, 2.45) is 0 Å². The van der Waals surface area contributed by atoms with E-state index in [2.05, 4.69) is 34.9 Å². The number of hydrogen-bond acceptors (Lipinski definition) is 3. The molecule has 4 heteroatoms. The molecule has 1 fully saturated rings. The van der Waals surface area contributed by atoms with Gasteiger partial charge in [-0.25, -0.2) is 4.98 Å². The summed E-state index contributed by atoms with van der Waals surface area (Å²) < 4.78 is 7.66. The van der Waals surface area contributed by atoms with Gasteiger partial charge < -0.3 is 14.6 Å². The molecule has 4 nitrogen and oxygen atoms in total. The topological polar surface area (TPSA) is 39.1 Å². The molecular formula is C16H29N3O. The summed E-state index contributed by atoms with van der Waals surface area (Å²) >= 11 is 0. The van der Waals surface area contributed by atoms with E-state index in [1.54, 1.807) is 0 Å². The fourth-order valence-corrected chi connectivity index (χ4v) is 3.03. The third kappa shape index (κ3) is 4.23. The maximum absolute atomic E-state index is 5.42. The lowest BCUT2D eigenvalue weighted by molar-refractivity contribution is 0.141. The summed E-state index contributed by atoms with van der Waals surface area (Å²) in [6, 6.07) is 0. The second-order valence-electron chi connectivity index (χ2n) is 6.20. The highest BCUT2D eigenvalue weighted by molar-refractivity contribution is 5.33. The highest BCUT2D eigenvalue weighted by Gasteiger charge is 2.27. The van der Waals surface area contributed by atoms with Gasteiger partial charge in [0.25, 0.3) is 0 Å². The van der Waals surface area contributed by atoms with Crippen molar-refractivity contribution in [1.29, 1.82) is 0 Å². The summed E-state index contributed by atoms with van der Waals surface area (Å²) in [5.74, 6) is 1.03. The predicted molar refractivity (Wildman–Crippen MR) is 83.2 cm³/mol. The van der Waals surface area contributed by atoms with Gasteiger partial charge in [-0.15, -0.1) is 0 Å². The van der Waals surface area contributed by atoms with Gasteiger partial charge in [-0.3, -0.25) is 0 Å². The smallest absolute Gasteiger partial charge is 0.203 e. The molecule has 0 spiro atoms. The Kier molecular flexibility index (Phi) is 5.46. The molecular weight excluding hydrogens is 250 g/mol. The molecule has 0 amide bonds. The zero-order valence-electron chi connectivity index (χ0n) is 13.2. The van der Waals surface area contributed by atoms with Crippen molar-refractivity contribution in [2.45, 2.75) is 71.4 Å². The summed E-state index contributed by atoms with van der Waals surface area (Å²) in [7, 11) is 0. The van der Waals surface area contributed by atoms with Crippen LogP contribution in [0.3, 0.4) is 0 Å².